The van der Waals surface area contributed by atoms with Gasteiger partial charge >= 0.3 is 12.2 Å². The van der Waals surface area contributed by atoms with E-state index in [9.17, 15) is 27.9 Å². The molecule has 0 radical (unpaired) electrons. The molecule has 2 aromatic rings. The highest BCUT2D eigenvalue weighted by molar-refractivity contribution is 6.33. The first-order chi connectivity index (χ1) is 15.6. The van der Waals surface area contributed by atoms with Gasteiger partial charge in [-0.3, -0.25) is 9.20 Å². The second-order valence-corrected chi connectivity index (χ2v) is 9.29. The van der Waals surface area contributed by atoms with E-state index in [2.05, 4.69) is 10.4 Å². The smallest absolute Gasteiger partial charge is 0.393 e. The number of halogens is 4. The summed E-state index contributed by atoms with van der Waals surface area (Å²) < 4.78 is 42.2. The number of nitrogens with one attached hydrogen (secondary N) is 1. The Labute approximate surface area is 192 Å². The number of carbonyl (C=O) groups excluding carboxylic acids is 2. The molecule has 0 bridgehead atoms. The third-order valence-corrected chi connectivity index (χ3v) is 7.01. The number of aliphatic hydroxyl groups is 1. The number of hydrogen-bond donors (Lipinski definition) is 2. The monoisotopic (exact) mass is 485 g/mol. The number of pyridine rings is 1. The molecule has 178 valence electrons. The summed E-state index contributed by atoms with van der Waals surface area (Å²) in [5.41, 5.74) is 1.29. The van der Waals surface area contributed by atoms with Crippen LogP contribution in [0, 0.1) is 0 Å². The van der Waals surface area contributed by atoms with Crippen LogP contribution in [0.25, 0.3) is 5.65 Å². The molecule has 3 fully saturated rings. The molecular formula is C21H23ClF3N5O3. The van der Waals surface area contributed by atoms with Gasteiger partial charge in [0.05, 0.1) is 18.2 Å². The van der Waals surface area contributed by atoms with Crippen LogP contribution >= 0.6 is 11.6 Å². The van der Waals surface area contributed by atoms with Crippen molar-refractivity contribution in [3.8, 4) is 0 Å². The van der Waals surface area contributed by atoms with Crippen LogP contribution < -0.4 is 5.43 Å². The highest BCUT2D eigenvalue weighted by atomic mass is 35.5. The van der Waals surface area contributed by atoms with E-state index < -0.39 is 29.3 Å². The predicted octanol–water partition coefficient (Wildman–Crippen LogP) is 3.57. The van der Waals surface area contributed by atoms with Gasteiger partial charge in [-0.1, -0.05) is 11.6 Å². The Morgan fingerprint density at radius 1 is 1.15 bits per heavy atom. The maximum Gasteiger partial charge on any atom is 0.419 e. The number of urea groups is 1. The van der Waals surface area contributed by atoms with Crippen molar-refractivity contribution < 1.29 is 27.9 Å². The molecule has 0 unspecified atom stereocenters. The summed E-state index contributed by atoms with van der Waals surface area (Å²) >= 11 is 6.33. The van der Waals surface area contributed by atoms with E-state index in [1.165, 1.54) is 6.20 Å². The van der Waals surface area contributed by atoms with E-state index in [0.717, 1.165) is 28.3 Å². The van der Waals surface area contributed by atoms with Gasteiger partial charge in [0.1, 0.15) is 5.15 Å². The lowest BCUT2D eigenvalue weighted by Crippen LogP contribution is -2.62. The van der Waals surface area contributed by atoms with E-state index in [0.29, 0.717) is 31.2 Å². The Bertz CT molecular complexity index is 1110. The number of alkyl halides is 3. The molecule has 2 aliphatic carbocycles. The highest BCUT2D eigenvalue weighted by Crippen LogP contribution is 2.43. The molecule has 3 amide bonds. The molecule has 0 atom stereocenters. The molecule has 1 aliphatic heterocycles. The van der Waals surface area contributed by atoms with Crippen LogP contribution in [0.1, 0.15) is 66.1 Å². The van der Waals surface area contributed by atoms with Gasteiger partial charge in [-0.2, -0.15) is 13.2 Å². The van der Waals surface area contributed by atoms with Crippen LogP contribution in [0.2, 0.25) is 5.15 Å². The zero-order chi connectivity index (χ0) is 23.5. The first-order valence-electron chi connectivity index (χ1n) is 11.0. The van der Waals surface area contributed by atoms with E-state index in [-0.39, 0.29) is 42.0 Å². The fourth-order valence-electron chi connectivity index (χ4n) is 4.67. The minimum absolute atomic E-state index is 0.0281. The van der Waals surface area contributed by atoms with Crippen molar-refractivity contribution in [1.29, 1.82) is 0 Å². The number of nitrogens with zero attached hydrogens (tertiary/aromatic N) is 4. The van der Waals surface area contributed by atoms with Crippen LogP contribution in [0.15, 0.2) is 12.3 Å². The normalized spacial score (nSPS) is 24.3. The highest BCUT2D eigenvalue weighted by Gasteiger charge is 2.39. The third-order valence-electron chi connectivity index (χ3n) is 6.65. The summed E-state index contributed by atoms with van der Waals surface area (Å²) in [6.45, 7) is 0.399. The standard InChI is InChI=1S/C21H23ClF3N5O3/c22-17-16(26-18-15(21(23,24)25)9-12(10-29(17)18)11-1-2-11)19(32)30-8-7-28(20(33)27-30)13-3-5-14(31)6-4-13/h9-11,13-14,31H,1-8H2,(H,27,33). The second-order valence-electron chi connectivity index (χ2n) is 8.93. The number of fused-ring (bicyclic) bond motifs is 1. The Balaban J connectivity index is 1.40. The van der Waals surface area contributed by atoms with Crippen LogP contribution in [0.4, 0.5) is 18.0 Å². The van der Waals surface area contributed by atoms with Gasteiger partial charge in [0, 0.05) is 18.8 Å². The summed E-state index contributed by atoms with van der Waals surface area (Å²) in [5, 5.41) is 10.5. The van der Waals surface area contributed by atoms with Crippen LogP contribution in [0.3, 0.4) is 0 Å². The fourth-order valence-corrected chi connectivity index (χ4v) is 4.92. The summed E-state index contributed by atoms with van der Waals surface area (Å²) in [6, 6.07) is 0.578. The average Bonchev–Trinajstić information content (AvgIpc) is 3.57. The second kappa shape index (κ2) is 8.05. The van der Waals surface area contributed by atoms with Gasteiger partial charge in [-0.25, -0.2) is 20.2 Å². The summed E-state index contributed by atoms with van der Waals surface area (Å²) in [5.74, 6) is -0.724. The molecule has 2 saturated carbocycles. The van der Waals surface area contributed by atoms with E-state index in [1.54, 1.807) is 4.90 Å². The van der Waals surface area contributed by atoms with E-state index in [4.69, 9.17) is 11.6 Å². The van der Waals surface area contributed by atoms with Crippen molar-refractivity contribution >= 4 is 29.2 Å². The zero-order valence-electron chi connectivity index (χ0n) is 17.6. The first kappa shape index (κ1) is 22.3. The van der Waals surface area contributed by atoms with Crippen molar-refractivity contribution in [2.75, 3.05) is 13.1 Å². The molecule has 0 spiro atoms. The van der Waals surface area contributed by atoms with Crippen LogP contribution in [-0.2, 0) is 6.18 Å². The number of imidazole rings is 1. The Hall–Kier alpha value is -2.53. The maximum atomic E-state index is 13.7. The van der Waals surface area contributed by atoms with Crippen LogP contribution in [-0.4, -0.2) is 61.6 Å². The molecule has 33 heavy (non-hydrogen) atoms. The molecule has 5 rings (SSSR count). The van der Waals surface area contributed by atoms with Gasteiger partial charge in [-0.15, -0.1) is 0 Å². The number of aromatic nitrogens is 2. The van der Waals surface area contributed by atoms with Gasteiger partial charge in [-0.05, 0) is 56.1 Å². The molecule has 3 heterocycles. The van der Waals surface area contributed by atoms with E-state index in [1.807, 2.05) is 0 Å². The molecular weight excluding hydrogens is 463 g/mol. The van der Waals surface area contributed by atoms with Crippen molar-refractivity contribution in [3.63, 3.8) is 0 Å². The van der Waals surface area contributed by atoms with Crippen molar-refractivity contribution in [1.82, 2.24) is 24.7 Å². The topological polar surface area (TPSA) is 90.2 Å². The molecule has 8 nitrogen and oxygen atoms in total. The average molecular weight is 486 g/mol. The summed E-state index contributed by atoms with van der Waals surface area (Å²) in [4.78, 5) is 31.3. The largest absolute Gasteiger partial charge is 0.419 e. The molecule has 1 saturated heterocycles. The Morgan fingerprint density at radius 3 is 2.45 bits per heavy atom. The number of hydrogen-bond acceptors (Lipinski definition) is 4. The third kappa shape index (κ3) is 4.12. The first-order valence-corrected chi connectivity index (χ1v) is 11.4. The van der Waals surface area contributed by atoms with Gasteiger partial charge in [0.25, 0.3) is 5.91 Å². The minimum Gasteiger partial charge on any atom is -0.393 e. The number of hydrazine groups is 1. The zero-order valence-corrected chi connectivity index (χ0v) is 18.4. The fraction of sp³-hybridized carbons (Fsp3) is 0.571. The lowest BCUT2D eigenvalue weighted by Gasteiger charge is -2.41. The quantitative estimate of drug-likeness (QED) is 0.695. The van der Waals surface area contributed by atoms with E-state index >= 15 is 0 Å². The number of rotatable bonds is 3. The van der Waals surface area contributed by atoms with Crippen LogP contribution in [0.5, 0.6) is 0 Å². The Morgan fingerprint density at radius 2 is 1.85 bits per heavy atom. The Kier molecular flexibility index (Phi) is 5.43. The lowest BCUT2D eigenvalue weighted by atomic mass is 9.92. The molecule has 2 aromatic heterocycles. The van der Waals surface area contributed by atoms with Crippen molar-refractivity contribution in [2.45, 2.75) is 62.8 Å². The maximum absolute atomic E-state index is 13.7. The number of aliphatic hydroxyl groups excluding tert-OH is 1. The van der Waals surface area contributed by atoms with Crippen molar-refractivity contribution in [3.05, 3.63) is 34.2 Å². The molecule has 0 aromatic carbocycles. The SMILES string of the molecule is O=C(c1nc2c(C(F)(F)F)cc(C3CC3)cn2c1Cl)N1CCN(C2CCC(O)CC2)C(=O)N1. The van der Waals surface area contributed by atoms with Gasteiger partial charge in [0.15, 0.2) is 11.3 Å². The van der Waals surface area contributed by atoms with Gasteiger partial charge < -0.3 is 10.0 Å². The molecule has 12 heteroatoms. The number of carbonyl (C=O) groups is 2. The summed E-state index contributed by atoms with van der Waals surface area (Å²) in [6.07, 6.45) is 0.655. The van der Waals surface area contributed by atoms with Gasteiger partial charge in [0.2, 0.25) is 0 Å². The molecule has 3 aliphatic rings. The molecule has 2 N–H and O–H groups in total. The predicted molar refractivity (Wildman–Crippen MR) is 112 cm³/mol. The van der Waals surface area contributed by atoms with Crippen molar-refractivity contribution in [2.24, 2.45) is 0 Å². The lowest BCUT2D eigenvalue weighted by molar-refractivity contribution is -0.136. The number of amides is 3. The summed E-state index contributed by atoms with van der Waals surface area (Å²) in [7, 11) is 0. The minimum atomic E-state index is -4.66.